The van der Waals surface area contributed by atoms with Crippen molar-refractivity contribution in [3.05, 3.63) is 65.2 Å². The molecule has 3 rings (SSSR count). The lowest BCUT2D eigenvalue weighted by Gasteiger charge is -2.17. The van der Waals surface area contributed by atoms with Crippen molar-refractivity contribution >= 4 is 29.5 Å². The van der Waals surface area contributed by atoms with Gasteiger partial charge < -0.3 is 20.2 Å². The quantitative estimate of drug-likeness (QED) is 0.634. The molecule has 0 aromatic heterocycles. The first kappa shape index (κ1) is 22.6. The molecule has 1 heterocycles. The largest absolute Gasteiger partial charge is 0.481 e. The molecule has 2 aromatic carbocycles. The van der Waals surface area contributed by atoms with E-state index in [0.717, 1.165) is 22.4 Å². The summed E-state index contributed by atoms with van der Waals surface area (Å²) in [6.45, 7) is 2.41. The highest BCUT2D eigenvalue weighted by Gasteiger charge is 2.28. The lowest BCUT2D eigenvalue weighted by atomic mass is 9.96. The monoisotopic (exact) mass is 413 g/mol. The number of aliphatic carboxylic acids is 3. The zero-order valence-corrected chi connectivity index (χ0v) is 16.4. The molecule has 0 saturated carbocycles. The summed E-state index contributed by atoms with van der Waals surface area (Å²) in [4.78, 5) is 44.6. The van der Waals surface area contributed by atoms with Crippen molar-refractivity contribution < 1.29 is 34.5 Å². The van der Waals surface area contributed by atoms with Gasteiger partial charge in [0, 0.05) is 11.3 Å². The van der Waals surface area contributed by atoms with E-state index in [0.29, 0.717) is 13.0 Å². The van der Waals surface area contributed by atoms with Crippen LogP contribution < -0.4 is 4.90 Å². The summed E-state index contributed by atoms with van der Waals surface area (Å²) in [6, 6.07) is 14.8. The fraction of sp³-hybridized carbons (Fsp3) is 0.273. The van der Waals surface area contributed by atoms with Crippen molar-refractivity contribution in [2.45, 2.75) is 38.6 Å². The van der Waals surface area contributed by atoms with Crippen LogP contribution in [0.5, 0.6) is 0 Å². The number of hydrogen-bond donors (Lipinski definition) is 3. The van der Waals surface area contributed by atoms with Crippen LogP contribution in [0, 0.1) is 0 Å². The van der Waals surface area contributed by atoms with Gasteiger partial charge in [0.1, 0.15) is 0 Å². The van der Waals surface area contributed by atoms with E-state index >= 15 is 0 Å². The molecule has 0 unspecified atom stereocenters. The molecule has 1 aliphatic heterocycles. The van der Waals surface area contributed by atoms with Crippen LogP contribution in [0.1, 0.15) is 53.6 Å². The highest BCUT2D eigenvalue weighted by Crippen LogP contribution is 2.29. The molecule has 8 nitrogen and oxygen atoms in total. The second-order valence-corrected chi connectivity index (χ2v) is 6.73. The van der Waals surface area contributed by atoms with Crippen LogP contribution in [0.2, 0.25) is 0 Å². The number of anilines is 1. The van der Waals surface area contributed by atoms with Gasteiger partial charge in [-0.3, -0.25) is 19.2 Å². The average molecular weight is 413 g/mol. The Bertz CT molecular complexity index is 923. The summed E-state index contributed by atoms with van der Waals surface area (Å²) in [6.07, 6.45) is -0.0482. The summed E-state index contributed by atoms with van der Waals surface area (Å²) in [5, 5.41) is 25.0. The molecule has 3 N–H and O–H groups in total. The Labute approximate surface area is 173 Å². The summed E-state index contributed by atoms with van der Waals surface area (Å²) in [7, 11) is 0. The summed E-state index contributed by atoms with van der Waals surface area (Å²) >= 11 is 0. The SMILES string of the molecule is CC[C@H](C(=O)O)c1ccc(N2Cc3ccccc3C2=O)cc1.O=C(O)CCC(=O)O. The van der Waals surface area contributed by atoms with E-state index in [2.05, 4.69) is 0 Å². The predicted octanol–water partition coefficient (Wildman–Crippen LogP) is 3.36. The maximum absolute atomic E-state index is 12.4. The molecule has 0 spiro atoms. The molecule has 30 heavy (non-hydrogen) atoms. The van der Waals surface area contributed by atoms with Gasteiger partial charge in [-0.2, -0.15) is 0 Å². The first-order chi connectivity index (χ1) is 14.2. The highest BCUT2D eigenvalue weighted by atomic mass is 16.4. The van der Waals surface area contributed by atoms with Gasteiger partial charge in [0.25, 0.3) is 5.91 Å². The van der Waals surface area contributed by atoms with Gasteiger partial charge in [0.05, 0.1) is 25.3 Å². The van der Waals surface area contributed by atoms with Crippen molar-refractivity contribution in [3.8, 4) is 0 Å². The molecule has 0 bridgehead atoms. The number of fused-ring (bicyclic) bond motifs is 1. The van der Waals surface area contributed by atoms with Crippen molar-refractivity contribution in [2.24, 2.45) is 0 Å². The third-order valence-corrected chi connectivity index (χ3v) is 4.69. The van der Waals surface area contributed by atoms with E-state index in [-0.39, 0.29) is 18.7 Å². The highest BCUT2D eigenvalue weighted by molar-refractivity contribution is 6.10. The average Bonchev–Trinajstić information content (AvgIpc) is 3.05. The Balaban J connectivity index is 0.000000343. The lowest BCUT2D eigenvalue weighted by molar-refractivity contribution is -0.143. The zero-order chi connectivity index (χ0) is 22.3. The van der Waals surface area contributed by atoms with Gasteiger partial charge in [-0.1, -0.05) is 37.3 Å². The van der Waals surface area contributed by atoms with Crippen LogP contribution in [0.25, 0.3) is 0 Å². The van der Waals surface area contributed by atoms with E-state index < -0.39 is 23.8 Å². The Morgan fingerprint density at radius 1 is 0.933 bits per heavy atom. The number of carboxylic acids is 3. The van der Waals surface area contributed by atoms with E-state index in [1.54, 1.807) is 17.0 Å². The molecular formula is C22H23NO7. The van der Waals surface area contributed by atoms with Crippen LogP contribution in [0.15, 0.2) is 48.5 Å². The smallest absolute Gasteiger partial charge is 0.310 e. The van der Waals surface area contributed by atoms with Gasteiger partial charge in [-0.05, 0) is 35.7 Å². The molecule has 1 aliphatic rings. The second-order valence-electron chi connectivity index (χ2n) is 6.73. The van der Waals surface area contributed by atoms with Crippen LogP contribution in [-0.4, -0.2) is 39.1 Å². The Morgan fingerprint density at radius 3 is 1.97 bits per heavy atom. The fourth-order valence-electron chi connectivity index (χ4n) is 3.12. The number of carbonyl (C=O) groups is 4. The van der Waals surface area contributed by atoms with Gasteiger partial charge in [0.15, 0.2) is 0 Å². The summed E-state index contributed by atoms with van der Waals surface area (Å²) in [5.41, 5.74) is 3.32. The first-order valence-electron chi connectivity index (χ1n) is 9.40. The number of carbonyl (C=O) groups excluding carboxylic acids is 1. The van der Waals surface area contributed by atoms with Gasteiger partial charge >= 0.3 is 17.9 Å². The van der Waals surface area contributed by atoms with E-state index in [9.17, 15) is 24.3 Å². The maximum atomic E-state index is 12.4. The third kappa shape index (κ3) is 5.66. The zero-order valence-electron chi connectivity index (χ0n) is 16.4. The Kier molecular flexibility index (Phi) is 7.69. The van der Waals surface area contributed by atoms with Gasteiger partial charge in [0.2, 0.25) is 0 Å². The molecule has 8 heteroatoms. The minimum Gasteiger partial charge on any atom is -0.481 e. The normalized spacial score (nSPS) is 13.1. The molecule has 158 valence electrons. The predicted molar refractivity (Wildman–Crippen MR) is 109 cm³/mol. The topological polar surface area (TPSA) is 132 Å². The molecule has 0 saturated heterocycles. The van der Waals surface area contributed by atoms with Crippen molar-refractivity contribution in [1.82, 2.24) is 0 Å². The molecule has 1 amide bonds. The van der Waals surface area contributed by atoms with Crippen molar-refractivity contribution in [3.63, 3.8) is 0 Å². The lowest BCUT2D eigenvalue weighted by Crippen LogP contribution is -2.23. The number of amides is 1. The first-order valence-corrected chi connectivity index (χ1v) is 9.40. The van der Waals surface area contributed by atoms with Crippen LogP contribution in [-0.2, 0) is 20.9 Å². The van der Waals surface area contributed by atoms with E-state index in [4.69, 9.17) is 10.2 Å². The Hall–Kier alpha value is -3.68. The molecule has 0 aliphatic carbocycles. The van der Waals surface area contributed by atoms with Crippen molar-refractivity contribution in [1.29, 1.82) is 0 Å². The maximum Gasteiger partial charge on any atom is 0.310 e. The standard InChI is InChI=1S/C18H17NO3.C4H6O4/c1-2-15(18(21)22)12-7-9-14(10-8-12)19-11-13-5-3-4-6-16(13)17(19)20;5-3(6)1-2-4(7)8/h3-10,15H,2,11H2,1H3,(H,21,22);1-2H2,(H,5,6)(H,7,8)/t15-;/m0./s1. The van der Waals surface area contributed by atoms with E-state index in [1.807, 2.05) is 43.3 Å². The van der Waals surface area contributed by atoms with E-state index in [1.165, 1.54) is 0 Å². The van der Waals surface area contributed by atoms with Gasteiger partial charge in [-0.15, -0.1) is 0 Å². The minimum absolute atomic E-state index is 0.00590. The van der Waals surface area contributed by atoms with Crippen LogP contribution >= 0.6 is 0 Å². The minimum atomic E-state index is -1.08. The third-order valence-electron chi connectivity index (χ3n) is 4.69. The van der Waals surface area contributed by atoms with Crippen LogP contribution in [0.4, 0.5) is 5.69 Å². The summed E-state index contributed by atoms with van der Waals surface area (Å²) in [5.74, 6) is -3.48. The molecule has 0 fully saturated rings. The van der Waals surface area contributed by atoms with Crippen molar-refractivity contribution in [2.75, 3.05) is 4.90 Å². The molecule has 0 radical (unpaired) electrons. The molecular weight excluding hydrogens is 390 g/mol. The molecule has 1 atom stereocenters. The number of hydrogen-bond acceptors (Lipinski definition) is 4. The summed E-state index contributed by atoms with van der Waals surface area (Å²) < 4.78 is 0. The number of benzene rings is 2. The number of carboxylic acid groups (broad SMARTS) is 3. The molecule has 2 aromatic rings. The fourth-order valence-corrected chi connectivity index (χ4v) is 3.12. The number of rotatable bonds is 7. The Morgan fingerprint density at radius 2 is 1.50 bits per heavy atom. The van der Waals surface area contributed by atoms with Crippen LogP contribution in [0.3, 0.4) is 0 Å². The number of nitrogens with zero attached hydrogens (tertiary/aromatic N) is 1. The van der Waals surface area contributed by atoms with Gasteiger partial charge in [-0.25, -0.2) is 0 Å². The second kappa shape index (κ2) is 10.2.